The predicted molar refractivity (Wildman–Crippen MR) is 85.4 cm³/mol. The van der Waals surface area contributed by atoms with E-state index in [-0.39, 0.29) is 17.4 Å². The molecule has 1 amide bonds. The first-order valence-corrected chi connectivity index (χ1v) is 7.46. The Labute approximate surface area is 130 Å². The number of halogens is 2. The molecule has 0 saturated carbocycles. The summed E-state index contributed by atoms with van der Waals surface area (Å²) >= 11 is 12.4. The molecule has 20 heavy (non-hydrogen) atoms. The van der Waals surface area contributed by atoms with Crippen LogP contribution in [0.5, 0.6) is 0 Å². The van der Waals surface area contributed by atoms with Crippen LogP contribution in [0, 0.1) is 0 Å². The summed E-state index contributed by atoms with van der Waals surface area (Å²) in [5.74, 6) is -0.00134. The molecule has 5 heteroatoms. The van der Waals surface area contributed by atoms with Crippen LogP contribution in [0.15, 0.2) is 18.2 Å². The fourth-order valence-corrected chi connectivity index (χ4v) is 2.91. The van der Waals surface area contributed by atoms with Crippen LogP contribution in [0.4, 0.5) is 0 Å². The van der Waals surface area contributed by atoms with Gasteiger partial charge in [-0.15, -0.1) is 0 Å². The van der Waals surface area contributed by atoms with Gasteiger partial charge >= 0.3 is 0 Å². The summed E-state index contributed by atoms with van der Waals surface area (Å²) in [5.41, 5.74) is 6.16. The smallest absolute Gasteiger partial charge is 0.220 e. The molecule has 0 saturated heterocycles. The minimum atomic E-state index is -0.334. The zero-order chi connectivity index (χ0) is 15.3. The number of hydrogen-bond donors (Lipinski definition) is 2. The van der Waals surface area contributed by atoms with Crippen molar-refractivity contribution in [2.45, 2.75) is 45.1 Å². The molecule has 0 fully saturated rings. The molecule has 0 aliphatic heterocycles. The molecule has 3 nitrogen and oxygen atoms in total. The van der Waals surface area contributed by atoms with Gasteiger partial charge in [0.25, 0.3) is 0 Å². The molecule has 0 spiro atoms. The van der Waals surface area contributed by atoms with E-state index < -0.39 is 0 Å². The number of carbonyl (C=O) groups excluding carboxylic acids is 1. The van der Waals surface area contributed by atoms with Crippen molar-refractivity contribution in [1.29, 1.82) is 0 Å². The molecule has 0 heterocycles. The van der Waals surface area contributed by atoms with Crippen molar-refractivity contribution in [3.05, 3.63) is 33.8 Å². The lowest BCUT2D eigenvalue weighted by Gasteiger charge is -2.27. The number of nitrogens with one attached hydrogen (secondary N) is 1. The number of amides is 1. The first-order chi connectivity index (χ1) is 9.24. The molecule has 0 bridgehead atoms. The second-order valence-electron chi connectivity index (χ2n) is 5.77. The Morgan fingerprint density at radius 2 is 1.90 bits per heavy atom. The van der Waals surface area contributed by atoms with Gasteiger partial charge in [0.1, 0.15) is 0 Å². The second kappa shape index (κ2) is 7.30. The summed E-state index contributed by atoms with van der Waals surface area (Å²) in [6, 6.07) is 5.46. The van der Waals surface area contributed by atoms with Gasteiger partial charge in [-0.1, -0.05) is 43.1 Å². The van der Waals surface area contributed by atoms with Gasteiger partial charge in [0.15, 0.2) is 0 Å². The van der Waals surface area contributed by atoms with Crippen molar-refractivity contribution in [2.75, 3.05) is 6.54 Å². The van der Waals surface area contributed by atoms with Crippen molar-refractivity contribution in [2.24, 2.45) is 5.73 Å². The topological polar surface area (TPSA) is 55.1 Å². The lowest BCUT2D eigenvalue weighted by atomic mass is 9.84. The molecule has 1 unspecified atom stereocenters. The van der Waals surface area contributed by atoms with E-state index in [1.54, 1.807) is 0 Å². The molecule has 1 aromatic rings. The van der Waals surface area contributed by atoms with Gasteiger partial charge in [0.2, 0.25) is 5.91 Å². The molecule has 3 N–H and O–H groups in total. The number of hydrogen-bond acceptors (Lipinski definition) is 2. The summed E-state index contributed by atoms with van der Waals surface area (Å²) < 4.78 is 0. The Morgan fingerprint density at radius 1 is 1.35 bits per heavy atom. The van der Waals surface area contributed by atoms with Gasteiger partial charge < -0.3 is 11.1 Å². The molecule has 1 aromatic carbocycles. The van der Waals surface area contributed by atoms with Crippen LogP contribution in [-0.4, -0.2) is 18.5 Å². The minimum absolute atomic E-state index is 0.00134. The fourth-order valence-electron chi connectivity index (χ4n) is 2.00. The largest absolute Gasteiger partial charge is 0.355 e. The third-order valence-electron chi connectivity index (χ3n) is 3.19. The highest BCUT2D eigenvalue weighted by molar-refractivity contribution is 6.36. The van der Waals surface area contributed by atoms with Crippen LogP contribution >= 0.6 is 23.2 Å². The van der Waals surface area contributed by atoms with Crippen LogP contribution in [0.25, 0.3) is 0 Å². The van der Waals surface area contributed by atoms with Crippen LogP contribution in [0.1, 0.15) is 39.2 Å². The SMILES string of the molecule is CC(N)CCC(=O)NCC(C)(C)c1c(Cl)cccc1Cl. The van der Waals surface area contributed by atoms with Gasteiger partial charge in [0, 0.05) is 34.5 Å². The van der Waals surface area contributed by atoms with Gasteiger partial charge in [-0.3, -0.25) is 4.79 Å². The quantitative estimate of drug-likeness (QED) is 0.843. The van der Waals surface area contributed by atoms with Crippen LogP contribution in [-0.2, 0) is 10.2 Å². The first-order valence-electron chi connectivity index (χ1n) is 6.71. The summed E-state index contributed by atoms with van der Waals surface area (Å²) in [6.45, 7) is 6.38. The van der Waals surface area contributed by atoms with Crippen molar-refractivity contribution in [1.82, 2.24) is 5.32 Å². The molecule has 0 aliphatic rings. The Balaban J connectivity index is 2.68. The monoisotopic (exact) mass is 316 g/mol. The zero-order valence-corrected chi connectivity index (χ0v) is 13.7. The van der Waals surface area contributed by atoms with Crippen molar-refractivity contribution < 1.29 is 4.79 Å². The summed E-state index contributed by atoms with van der Waals surface area (Å²) in [5, 5.41) is 4.16. The highest BCUT2D eigenvalue weighted by Crippen LogP contribution is 2.35. The van der Waals surface area contributed by atoms with Crippen molar-refractivity contribution in [3.8, 4) is 0 Å². The van der Waals surface area contributed by atoms with E-state index in [1.165, 1.54) is 0 Å². The number of benzene rings is 1. The maximum Gasteiger partial charge on any atom is 0.220 e. The van der Waals surface area contributed by atoms with E-state index in [0.717, 1.165) is 5.56 Å². The number of rotatable bonds is 6. The van der Waals surface area contributed by atoms with E-state index in [9.17, 15) is 4.79 Å². The highest BCUT2D eigenvalue weighted by atomic mass is 35.5. The van der Waals surface area contributed by atoms with Gasteiger partial charge in [-0.25, -0.2) is 0 Å². The Morgan fingerprint density at radius 3 is 2.40 bits per heavy atom. The predicted octanol–water partition coefficient (Wildman–Crippen LogP) is 3.51. The first kappa shape index (κ1) is 17.3. The molecule has 0 aliphatic carbocycles. The molecule has 0 radical (unpaired) electrons. The lowest BCUT2D eigenvalue weighted by Crippen LogP contribution is -2.37. The maximum absolute atomic E-state index is 11.8. The standard InChI is InChI=1S/C15H22Cl2N2O/c1-10(18)7-8-13(20)19-9-15(2,3)14-11(16)5-4-6-12(14)17/h4-6,10H,7-9,18H2,1-3H3,(H,19,20). The summed E-state index contributed by atoms with van der Waals surface area (Å²) in [4.78, 5) is 11.8. The van der Waals surface area contributed by atoms with E-state index >= 15 is 0 Å². The van der Waals surface area contributed by atoms with Crippen LogP contribution in [0.2, 0.25) is 10.0 Å². The molecular weight excluding hydrogens is 295 g/mol. The third-order valence-corrected chi connectivity index (χ3v) is 3.82. The molecule has 1 rings (SSSR count). The summed E-state index contributed by atoms with van der Waals surface area (Å²) in [7, 11) is 0. The highest BCUT2D eigenvalue weighted by Gasteiger charge is 2.26. The Bertz CT molecular complexity index is 453. The van der Waals surface area contributed by atoms with Crippen LogP contribution < -0.4 is 11.1 Å². The summed E-state index contributed by atoms with van der Waals surface area (Å²) in [6.07, 6.45) is 1.11. The minimum Gasteiger partial charge on any atom is -0.355 e. The van der Waals surface area contributed by atoms with Gasteiger partial charge in [-0.2, -0.15) is 0 Å². The third kappa shape index (κ3) is 4.97. The molecule has 1 atom stereocenters. The normalized spacial score (nSPS) is 13.1. The van der Waals surface area contributed by atoms with Crippen molar-refractivity contribution >= 4 is 29.1 Å². The fraction of sp³-hybridized carbons (Fsp3) is 0.533. The van der Waals surface area contributed by atoms with Gasteiger partial charge in [-0.05, 0) is 31.0 Å². The Kier molecular flexibility index (Phi) is 6.31. The average Bonchev–Trinajstić information content (AvgIpc) is 2.33. The zero-order valence-electron chi connectivity index (χ0n) is 12.2. The van der Waals surface area contributed by atoms with Crippen LogP contribution in [0.3, 0.4) is 0 Å². The lowest BCUT2D eigenvalue weighted by molar-refractivity contribution is -0.121. The van der Waals surface area contributed by atoms with E-state index in [0.29, 0.717) is 29.4 Å². The molecule has 0 aromatic heterocycles. The van der Waals surface area contributed by atoms with E-state index in [1.807, 2.05) is 39.0 Å². The number of carbonyl (C=O) groups is 1. The average molecular weight is 317 g/mol. The van der Waals surface area contributed by atoms with E-state index in [4.69, 9.17) is 28.9 Å². The molecular formula is C15H22Cl2N2O. The number of nitrogens with two attached hydrogens (primary N) is 1. The Hall–Kier alpha value is -0.770. The van der Waals surface area contributed by atoms with E-state index in [2.05, 4.69) is 5.32 Å². The van der Waals surface area contributed by atoms with Crippen molar-refractivity contribution in [3.63, 3.8) is 0 Å². The maximum atomic E-state index is 11.8. The molecule has 112 valence electrons. The van der Waals surface area contributed by atoms with Gasteiger partial charge in [0.05, 0.1) is 0 Å². The second-order valence-corrected chi connectivity index (χ2v) is 6.59.